The molecule has 0 radical (unpaired) electrons. The van der Waals surface area contributed by atoms with Crippen molar-refractivity contribution in [3.05, 3.63) is 41.7 Å². The predicted octanol–water partition coefficient (Wildman–Crippen LogP) is -0.324. The molecule has 1 aromatic heterocycles. The van der Waals surface area contributed by atoms with E-state index in [2.05, 4.69) is 44.4 Å². The summed E-state index contributed by atoms with van der Waals surface area (Å²) in [5.74, 6) is -0.0952. The van der Waals surface area contributed by atoms with E-state index < -0.39 is 0 Å². The molecule has 0 spiro atoms. The van der Waals surface area contributed by atoms with Gasteiger partial charge in [-0.05, 0) is 34.5 Å². The molecule has 2 heterocycles. The highest BCUT2D eigenvalue weighted by Gasteiger charge is 2.19. The van der Waals surface area contributed by atoms with Crippen LogP contribution in [-0.2, 0) is 17.8 Å². The smallest absolute Gasteiger partial charge is 0.241 e. The van der Waals surface area contributed by atoms with Crippen LogP contribution in [0.3, 0.4) is 0 Å². The zero-order chi connectivity index (χ0) is 13.8. The van der Waals surface area contributed by atoms with Gasteiger partial charge in [0.15, 0.2) is 0 Å². The number of nitrogens with one attached hydrogen (secondary N) is 2. The van der Waals surface area contributed by atoms with E-state index in [1.54, 1.807) is 0 Å². The first-order valence-corrected chi connectivity index (χ1v) is 6.61. The summed E-state index contributed by atoms with van der Waals surface area (Å²) >= 11 is 0. The summed E-state index contributed by atoms with van der Waals surface area (Å²) in [6.45, 7) is 1.64. The minimum Gasteiger partial charge on any atom is -0.353 e. The summed E-state index contributed by atoms with van der Waals surface area (Å²) in [6, 6.07) is 8.50. The van der Waals surface area contributed by atoms with Crippen molar-refractivity contribution in [2.45, 2.75) is 19.0 Å². The molecule has 2 N–H and O–H groups in total. The van der Waals surface area contributed by atoms with Crippen molar-refractivity contribution < 1.29 is 4.79 Å². The van der Waals surface area contributed by atoms with E-state index in [0.29, 0.717) is 6.54 Å². The second kappa shape index (κ2) is 5.79. The first kappa shape index (κ1) is 12.7. The lowest BCUT2D eigenvalue weighted by Crippen LogP contribution is -2.39. The molecule has 0 bridgehead atoms. The van der Waals surface area contributed by atoms with Crippen LogP contribution in [0.2, 0.25) is 0 Å². The van der Waals surface area contributed by atoms with Crippen LogP contribution in [0.1, 0.15) is 17.2 Å². The number of nitrogens with zero attached hydrogens (tertiary/aromatic N) is 4. The van der Waals surface area contributed by atoms with Crippen molar-refractivity contribution in [3.8, 4) is 0 Å². The van der Waals surface area contributed by atoms with Gasteiger partial charge in [0.2, 0.25) is 5.91 Å². The Hall–Kier alpha value is -2.28. The second-order valence-electron chi connectivity index (χ2n) is 4.77. The van der Waals surface area contributed by atoms with Crippen LogP contribution in [0.4, 0.5) is 0 Å². The lowest BCUT2D eigenvalue weighted by Gasteiger charge is -2.27. The molecule has 3 rings (SSSR count). The molecule has 1 aliphatic rings. The molecular weight excluding hydrogens is 256 g/mol. The average Bonchev–Trinajstić information content (AvgIpc) is 2.98. The Bertz CT molecular complexity index is 582. The van der Waals surface area contributed by atoms with E-state index in [1.807, 2.05) is 6.07 Å². The van der Waals surface area contributed by atoms with Crippen molar-refractivity contribution in [2.24, 2.45) is 0 Å². The Labute approximate surface area is 116 Å². The monoisotopic (exact) mass is 272 g/mol. The first-order chi connectivity index (χ1) is 9.83. The van der Waals surface area contributed by atoms with Crippen molar-refractivity contribution in [1.29, 1.82) is 0 Å². The van der Waals surface area contributed by atoms with Gasteiger partial charge in [-0.25, -0.2) is 4.68 Å². The molecule has 104 valence electrons. The van der Waals surface area contributed by atoms with Crippen LogP contribution in [0, 0.1) is 0 Å². The molecule has 1 unspecified atom stereocenters. The largest absolute Gasteiger partial charge is 0.353 e. The second-order valence-corrected chi connectivity index (χ2v) is 4.77. The number of fused-ring (bicyclic) bond motifs is 1. The van der Waals surface area contributed by atoms with Gasteiger partial charge in [-0.3, -0.25) is 4.79 Å². The molecule has 1 aromatic carbocycles. The molecule has 0 fully saturated rings. The number of tetrazole rings is 1. The van der Waals surface area contributed by atoms with E-state index >= 15 is 0 Å². The lowest BCUT2D eigenvalue weighted by atomic mass is 9.94. The maximum absolute atomic E-state index is 11.8. The van der Waals surface area contributed by atoms with Crippen molar-refractivity contribution in [2.75, 3.05) is 13.1 Å². The average molecular weight is 272 g/mol. The number of hydrogen-bond donors (Lipinski definition) is 2. The molecule has 0 saturated heterocycles. The SMILES string of the molecule is O=C(Cn1cnnn1)NCC1NCCc2ccccc21. The number of amides is 1. The van der Waals surface area contributed by atoms with Crippen LogP contribution in [0.25, 0.3) is 0 Å². The molecule has 7 nitrogen and oxygen atoms in total. The van der Waals surface area contributed by atoms with Gasteiger partial charge in [0.05, 0.1) is 0 Å². The van der Waals surface area contributed by atoms with Crippen molar-refractivity contribution in [1.82, 2.24) is 30.8 Å². The highest BCUT2D eigenvalue weighted by Crippen LogP contribution is 2.21. The summed E-state index contributed by atoms with van der Waals surface area (Å²) in [4.78, 5) is 11.8. The molecule has 7 heteroatoms. The standard InChI is InChI=1S/C13H16N6O/c20-13(8-19-9-16-17-18-19)15-7-12-11-4-2-1-3-10(11)5-6-14-12/h1-4,9,12,14H,5-8H2,(H,15,20). The molecular formula is C13H16N6O. The highest BCUT2D eigenvalue weighted by atomic mass is 16.2. The summed E-state index contributed by atoms with van der Waals surface area (Å²) in [6.07, 6.45) is 2.46. The Morgan fingerprint density at radius 2 is 2.35 bits per heavy atom. The lowest BCUT2D eigenvalue weighted by molar-refractivity contribution is -0.122. The highest BCUT2D eigenvalue weighted by molar-refractivity contribution is 5.75. The quantitative estimate of drug-likeness (QED) is 0.796. The number of hydrogen-bond acceptors (Lipinski definition) is 5. The third-order valence-electron chi connectivity index (χ3n) is 3.42. The van der Waals surface area contributed by atoms with Gasteiger partial charge in [0.25, 0.3) is 0 Å². The zero-order valence-electron chi connectivity index (χ0n) is 11.0. The Morgan fingerprint density at radius 3 is 3.20 bits per heavy atom. The molecule has 1 amide bonds. The Kier molecular flexibility index (Phi) is 3.69. The van der Waals surface area contributed by atoms with Gasteiger partial charge in [0, 0.05) is 12.6 Å². The molecule has 1 aliphatic heterocycles. The predicted molar refractivity (Wildman–Crippen MR) is 71.7 cm³/mol. The molecule has 1 atom stereocenters. The maximum Gasteiger partial charge on any atom is 0.241 e. The van der Waals surface area contributed by atoms with E-state index in [0.717, 1.165) is 13.0 Å². The van der Waals surface area contributed by atoms with Crippen LogP contribution >= 0.6 is 0 Å². The maximum atomic E-state index is 11.8. The number of carbonyl (C=O) groups excluding carboxylic acids is 1. The summed E-state index contributed by atoms with van der Waals surface area (Å²) in [5, 5.41) is 17.0. The molecule has 2 aromatic rings. The number of aromatic nitrogens is 4. The van der Waals surface area contributed by atoms with Crippen molar-refractivity contribution >= 4 is 5.91 Å². The van der Waals surface area contributed by atoms with Crippen molar-refractivity contribution in [3.63, 3.8) is 0 Å². The van der Waals surface area contributed by atoms with E-state index in [-0.39, 0.29) is 18.5 Å². The summed E-state index contributed by atoms with van der Waals surface area (Å²) < 4.78 is 1.40. The minimum atomic E-state index is -0.0952. The van der Waals surface area contributed by atoms with E-state index in [1.165, 1.54) is 22.1 Å². The van der Waals surface area contributed by atoms with Crippen LogP contribution < -0.4 is 10.6 Å². The van der Waals surface area contributed by atoms with Gasteiger partial charge < -0.3 is 10.6 Å². The number of benzene rings is 1. The Balaban J connectivity index is 1.58. The van der Waals surface area contributed by atoms with E-state index in [4.69, 9.17) is 0 Å². The van der Waals surface area contributed by atoms with Gasteiger partial charge in [-0.1, -0.05) is 24.3 Å². The van der Waals surface area contributed by atoms with E-state index in [9.17, 15) is 4.79 Å². The fourth-order valence-corrected chi connectivity index (χ4v) is 2.45. The van der Waals surface area contributed by atoms with Gasteiger partial charge in [0.1, 0.15) is 12.9 Å². The topological polar surface area (TPSA) is 84.7 Å². The summed E-state index contributed by atoms with van der Waals surface area (Å²) in [7, 11) is 0. The fourth-order valence-electron chi connectivity index (χ4n) is 2.45. The van der Waals surface area contributed by atoms with Gasteiger partial charge in [-0.15, -0.1) is 5.10 Å². The molecule has 0 saturated carbocycles. The van der Waals surface area contributed by atoms with Crippen LogP contribution in [0.15, 0.2) is 30.6 Å². The minimum absolute atomic E-state index is 0.0952. The van der Waals surface area contributed by atoms with Crippen LogP contribution in [0.5, 0.6) is 0 Å². The molecule has 20 heavy (non-hydrogen) atoms. The third-order valence-corrected chi connectivity index (χ3v) is 3.42. The first-order valence-electron chi connectivity index (χ1n) is 6.61. The van der Waals surface area contributed by atoms with Gasteiger partial charge >= 0.3 is 0 Å². The fraction of sp³-hybridized carbons (Fsp3) is 0.385. The number of rotatable bonds is 4. The third kappa shape index (κ3) is 2.83. The van der Waals surface area contributed by atoms with Gasteiger partial charge in [-0.2, -0.15) is 0 Å². The summed E-state index contributed by atoms with van der Waals surface area (Å²) in [5.41, 5.74) is 2.62. The zero-order valence-corrected chi connectivity index (χ0v) is 11.0. The Morgan fingerprint density at radius 1 is 1.45 bits per heavy atom. The van der Waals surface area contributed by atoms with Crippen LogP contribution in [-0.4, -0.2) is 39.2 Å². The molecule has 0 aliphatic carbocycles. The number of carbonyl (C=O) groups is 1. The normalized spacial score (nSPS) is 17.5.